The van der Waals surface area contributed by atoms with Crippen LogP contribution in [0.15, 0.2) is 72.8 Å². The monoisotopic (exact) mass is 1130 g/mol. The number of β-amino-alcohol motifs (C(OH)–C–C–N with tert-alkyl or cyclic N) is 1. The van der Waals surface area contributed by atoms with Gasteiger partial charge in [-0.1, -0.05) is 99.1 Å². The summed E-state index contributed by atoms with van der Waals surface area (Å²) in [7, 11) is 0. The van der Waals surface area contributed by atoms with E-state index in [1.807, 2.05) is 79.2 Å². The quantitative estimate of drug-likeness (QED) is 0.0330. The van der Waals surface area contributed by atoms with E-state index >= 15 is 0 Å². The second-order valence-corrected chi connectivity index (χ2v) is 23.5. The molecule has 2 aliphatic heterocycles. The predicted molar refractivity (Wildman–Crippen MR) is 302 cm³/mol. The molecule has 8 rings (SSSR count). The summed E-state index contributed by atoms with van der Waals surface area (Å²) in [5.74, 6) is -0.951. The number of carbonyl (C=O) groups is 3. The van der Waals surface area contributed by atoms with Crippen molar-refractivity contribution < 1.29 is 28.6 Å². The molecule has 0 bridgehead atoms. The van der Waals surface area contributed by atoms with Gasteiger partial charge in [-0.2, -0.15) is 5.10 Å². The number of amides is 3. The van der Waals surface area contributed by atoms with E-state index in [1.165, 1.54) is 17.0 Å². The lowest BCUT2D eigenvalue weighted by Crippen LogP contribution is -2.57. The summed E-state index contributed by atoms with van der Waals surface area (Å²) in [6.45, 7) is 13.4. The second kappa shape index (κ2) is 26.8. The average Bonchev–Trinajstić information content (AvgIpc) is 4.26. The first-order valence-corrected chi connectivity index (χ1v) is 28.8. The lowest BCUT2D eigenvalue weighted by atomic mass is 9.85. The molecule has 0 saturated carbocycles. The van der Waals surface area contributed by atoms with E-state index in [2.05, 4.69) is 42.0 Å². The Morgan fingerprint density at radius 3 is 2.47 bits per heavy atom. The summed E-state index contributed by atoms with van der Waals surface area (Å²) in [6, 6.07) is 10.9. The number of halogens is 3. The number of nitrogens with two attached hydrogens (primary N) is 1. The van der Waals surface area contributed by atoms with Crippen molar-refractivity contribution >= 4 is 58.1 Å². The van der Waals surface area contributed by atoms with Gasteiger partial charge in [-0.3, -0.25) is 23.7 Å². The number of anilines is 1. The molecule has 0 radical (unpaired) electrons. The molecule has 6 heterocycles. The fourth-order valence-electron chi connectivity index (χ4n) is 10.3. The van der Waals surface area contributed by atoms with E-state index < -0.39 is 35.5 Å². The minimum absolute atomic E-state index is 0.0299. The Bertz CT molecular complexity index is 2980. The lowest BCUT2D eigenvalue weighted by molar-refractivity contribution is -0.144. The van der Waals surface area contributed by atoms with Crippen molar-refractivity contribution in [2.75, 3.05) is 31.9 Å². The highest BCUT2D eigenvalue weighted by molar-refractivity contribution is 7.13. The number of nitrogens with one attached hydrogen (secondary N) is 2. The first-order valence-electron chi connectivity index (χ1n) is 27.2. The SMILES string of the molecule is Cc1ncsc1-c1ccc(CNC(=O)[C@@H]2C[C@@H](O)CN2C(=O)[C@@H](NC(=O)CCCCCCCCn2cc(CCCN3CCCC(n4cc(-c5cnc(N)c(O[C@H](C)c6c(Cl)ccc(F)c6Cl)c5)cn4)C3)nn2)C(C)(C)C)cc1. The van der Waals surface area contributed by atoms with Crippen LogP contribution in [0.2, 0.25) is 10.0 Å². The highest BCUT2D eigenvalue weighted by atomic mass is 35.5. The van der Waals surface area contributed by atoms with Gasteiger partial charge in [0.15, 0.2) is 11.6 Å². The van der Waals surface area contributed by atoms with Crippen molar-refractivity contribution in [3.8, 4) is 27.3 Å². The number of ether oxygens (including phenoxy) is 1. The summed E-state index contributed by atoms with van der Waals surface area (Å²) in [4.78, 5) is 54.5. The number of hydrogen-bond acceptors (Lipinski definition) is 13. The summed E-state index contributed by atoms with van der Waals surface area (Å²) in [5.41, 5.74) is 13.3. The van der Waals surface area contributed by atoms with Gasteiger partial charge in [-0.05, 0) is 100 Å². The zero-order chi connectivity index (χ0) is 55.5. The van der Waals surface area contributed by atoms with E-state index in [9.17, 15) is 23.9 Å². The van der Waals surface area contributed by atoms with E-state index in [4.69, 9.17) is 38.8 Å². The van der Waals surface area contributed by atoms with Gasteiger partial charge in [0.2, 0.25) is 17.7 Å². The second-order valence-electron chi connectivity index (χ2n) is 21.8. The summed E-state index contributed by atoms with van der Waals surface area (Å²) in [6.07, 6.45) is 16.1. The van der Waals surface area contributed by atoms with Crippen LogP contribution >= 0.6 is 34.5 Å². The molecule has 17 nitrogen and oxygen atoms in total. The first-order chi connectivity index (χ1) is 37.4. The molecular weight excluding hydrogens is 1050 g/mol. The maximum Gasteiger partial charge on any atom is 0.246 e. The molecule has 1 unspecified atom stereocenters. The van der Waals surface area contributed by atoms with Crippen molar-refractivity contribution in [1.29, 1.82) is 0 Å². The van der Waals surface area contributed by atoms with Gasteiger partial charge in [0.05, 0.1) is 45.1 Å². The fourth-order valence-corrected chi connectivity index (χ4v) is 11.8. The number of unbranched alkanes of at least 4 members (excludes halogenated alkanes) is 5. The van der Waals surface area contributed by atoms with Gasteiger partial charge in [0, 0.05) is 79.3 Å². The molecule has 6 aromatic rings. The molecule has 5 atom stereocenters. The highest BCUT2D eigenvalue weighted by Crippen LogP contribution is 2.38. The smallest absolute Gasteiger partial charge is 0.246 e. The van der Waals surface area contributed by atoms with Gasteiger partial charge in [0.1, 0.15) is 24.0 Å². The van der Waals surface area contributed by atoms with Crippen LogP contribution in [0.4, 0.5) is 10.2 Å². The van der Waals surface area contributed by atoms with Crippen LogP contribution in [0, 0.1) is 18.2 Å². The predicted octanol–water partition coefficient (Wildman–Crippen LogP) is 9.95. The van der Waals surface area contributed by atoms with Crippen molar-refractivity contribution in [3.63, 3.8) is 0 Å². The third-order valence-corrected chi connectivity index (χ3v) is 16.4. The zero-order valence-corrected chi connectivity index (χ0v) is 47.6. The number of piperidine rings is 1. The summed E-state index contributed by atoms with van der Waals surface area (Å²) < 4.78 is 24.3. The normalized spacial score (nSPS) is 17.8. The number of pyridine rings is 1. The largest absolute Gasteiger partial charge is 0.482 e. The fraction of sp³-hybridized carbons (Fsp3) is 0.509. The van der Waals surface area contributed by atoms with Crippen LogP contribution in [-0.2, 0) is 33.9 Å². The summed E-state index contributed by atoms with van der Waals surface area (Å²) >= 11 is 14.2. The van der Waals surface area contributed by atoms with Gasteiger partial charge < -0.3 is 36.0 Å². The molecule has 0 spiro atoms. The molecule has 4 aromatic heterocycles. The van der Waals surface area contributed by atoms with Crippen LogP contribution in [-0.4, -0.2) is 112 Å². The number of aliphatic hydroxyl groups excluding tert-OH is 1. The van der Waals surface area contributed by atoms with E-state index in [1.54, 1.807) is 30.5 Å². The number of likely N-dealkylation sites (tertiary alicyclic amines) is 2. The Labute approximate surface area is 470 Å². The zero-order valence-electron chi connectivity index (χ0n) is 45.3. The molecular formula is C57H73Cl2FN12O5S. The minimum atomic E-state index is -0.855. The van der Waals surface area contributed by atoms with Crippen LogP contribution in [0.1, 0.15) is 133 Å². The first kappa shape index (κ1) is 58.2. The number of benzene rings is 2. The van der Waals surface area contributed by atoms with E-state index in [0.29, 0.717) is 29.2 Å². The van der Waals surface area contributed by atoms with E-state index in [0.717, 1.165) is 122 Å². The molecule has 5 N–H and O–H groups in total. The highest BCUT2D eigenvalue weighted by Gasteiger charge is 2.44. The minimum Gasteiger partial charge on any atom is -0.482 e. The maximum absolute atomic E-state index is 14.2. The lowest BCUT2D eigenvalue weighted by Gasteiger charge is -2.35. The Balaban J connectivity index is 0.698. The number of aryl methyl sites for hydroxylation is 3. The van der Waals surface area contributed by atoms with Crippen molar-refractivity contribution in [2.24, 2.45) is 5.41 Å². The number of thiazole rings is 1. The topological polar surface area (TPSA) is 212 Å². The van der Waals surface area contributed by atoms with Crippen molar-refractivity contribution in [2.45, 2.75) is 155 Å². The molecule has 2 aliphatic rings. The Kier molecular flexibility index (Phi) is 20.0. The Morgan fingerprint density at radius 1 is 0.949 bits per heavy atom. The number of aromatic nitrogens is 7. The van der Waals surface area contributed by atoms with Gasteiger partial charge in [-0.25, -0.2) is 14.4 Å². The number of nitrogen functional groups attached to an aromatic ring is 1. The molecule has 78 heavy (non-hydrogen) atoms. The molecule has 418 valence electrons. The van der Waals surface area contributed by atoms with Gasteiger partial charge in [-0.15, -0.1) is 16.4 Å². The molecule has 21 heteroatoms. The molecule has 0 aliphatic carbocycles. The van der Waals surface area contributed by atoms with Gasteiger partial charge in [0.25, 0.3) is 0 Å². The van der Waals surface area contributed by atoms with Crippen LogP contribution in [0.25, 0.3) is 21.6 Å². The average molecular weight is 1130 g/mol. The summed E-state index contributed by atoms with van der Waals surface area (Å²) in [5, 5.41) is 30.4. The standard InChI is InChI=1S/C57H73Cl2FN12O5S/c1-36-52(78-35-64-36)39-19-17-38(18-20-39)28-63-55(75)47-27-44(73)34-71(47)56(76)53(57(3,4)5)66-49(74)16-10-8-6-7-9-11-25-70-32-42(67-68-70)14-12-23-69-24-13-15-43(33-69)72-31-41(30-65-72)40-26-48(54(61)62-29-40)77-37(2)50-45(58)21-22-46(60)51(50)59/h17-22,26,29-32,35,37,43-44,47,53,73H,6-16,23-25,27-28,33-34H2,1-5H3,(H2,61,62)(H,63,75)(H,66,74)/t37-,43?,44-,47+,53-/m1/s1. The number of rotatable bonds is 24. The molecule has 2 fully saturated rings. The maximum atomic E-state index is 14.2. The number of aliphatic hydroxyl groups is 1. The molecule has 3 amide bonds. The molecule has 2 saturated heterocycles. The van der Waals surface area contributed by atoms with Crippen molar-refractivity contribution in [3.05, 3.63) is 111 Å². The van der Waals surface area contributed by atoms with Crippen LogP contribution in [0.5, 0.6) is 5.75 Å². The van der Waals surface area contributed by atoms with E-state index in [-0.39, 0.29) is 54.1 Å². The number of nitrogens with zero attached hydrogens (tertiary/aromatic N) is 9. The number of hydrogen-bond donors (Lipinski definition) is 4. The van der Waals surface area contributed by atoms with Crippen molar-refractivity contribution in [1.82, 2.24) is 55.2 Å². The third-order valence-electron chi connectivity index (χ3n) is 14.7. The Morgan fingerprint density at radius 2 is 1.72 bits per heavy atom. The third kappa shape index (κ3) is 15.2. The Hall–Kier alpha value is -5.99. The van der Waals surface area contributed by atoms with Gasteiger partial charge >= 0.3 is 0 Å². The molecule has 2 aromatic carbocycles. The van der Waals surface area contributed by atoms with Crippen LogP contribution < -0.4 is 21.1 Å². The number of carbonyl (C=O) groups excluding carboxylic acids is 3. The van der Waals surface area contributed by atoms with Crippen LogP contribution in [0.3, 0.4) is 0 Å².